The molecule has 2 fully saturated rings. The molecule has 29 heavy (non-hydrogen) atoms. The molecule has 0 spiro atoms. The molecule has 0 radical (unpaired) electrons. The fourth-order valence-electron chi connectivity index (χ4n) is 8.47. The molecule has 2 unspecified atom stereocenters. The van der Waals surface area contributed by atoms with Crippen LogP contribution in [0.15, 0.2) is 11.1 Å². The van der Waals surface area contributed by atoms with Crippen molar-refractivity contribution in [1.82, 2.24) is 0 Å². The average molecular weight is 401 g/mol. The van der Waals surface area contributed by atoms with Crippen LogP contribution in [-0.4, -0.2) is 11.2 Å². The molecule has 0 saturated heterocycles. The average Bonchev–Trinajstić information content (AvgIpc) is 3.03. The van der Waals surface area contributed by atoms with E-state index >= 15 is 0 Å². The lowest BCUT2D eigenvalue weighted by molar-refractivity contribution is 0.0131. The maximum atomic E-state index is 10.3. The van der Waals surface area contributed by atoms with E-state index in [0.717, 1.165) is 48.3 Å². The molecular formula is C28H48O. The maximum Gasteiger partial charge on any atom is 0.0543 e. The third-order valence-corrected chi connectivity index (χ3v) is 10.9. The summed E-state index contributed by atoms with van der Waals surface area (Å²) < 4.78 is 0. The van der Waals surface area contributed by atoms with Crippen LogP contribution in [0.4, 0.5) is 0 Å². The maximum absolute atomic E-state index is 10.3. The minimum atomic E-state index is -0.0333. The Labute approximate surface area is 181 Å². The van der Waals surface area contributed by atoms with Gasteiger partial charge in [0.05, 0.1) is 6.10 Å². The summed E-state index contributed by atoms with van der Waals surface area (Å²) in [6.07, 6.45) is 14.5. The van der Waals surface area contributed by atoms with Crippen molar-refractivity contribution in [2.45, 2.75) is 118 Å². The first kappa shape index (κ1) is 21.9. The molecule has 4 aliphatic carbocycles. The van der Waals surface area contributed by atoms with E-state index in [2.05, 4.69) is 41.5 Å². The number of hydrogen-bond acceptors (Lipinski definition) is 1. The first-order chi connectivity index (χ1) is 13.7. The second-order valence-corrected chi connectivity index (χ2v) is 12.6. The predicted molar refractivity (Wildman–Crippen MR) is 124 cm³/mol. The normalized spacial score (nSPS) is 44.3. The zero-order valence-corrected chi connectivity index (χ0v) is 20.3. The van der Waals surface area contributed by atoms with Crippen molar-refractivity contribution in [3.05, 3.63) is 11.1 Å². The molecule has 0 aromatic carbocycles. The molecule has 2 saturated carbocycles. The smallest absolute Gasteiger partial charge is 0.0543 e. The van der Waals surface area contributed by atoms with E-state index in [-0.39, 0.29) is 6.10 Å². The summed E-state index contributed by atoms with van der Waals surface area (Å²) in [4.78, 5) is 0. The zero-order chi connectivity index (χ0) is 21.0. The van der Waals surface area contributed by atoms with E-state index in [1.54, 1.807) is 0 Å². The number of aliphatic hydroxyl groups is 1. The molecule has 0 heterocycles. The van der Waals surface area contributed by atoms with E-state index in [1.165, 1.54) is 57.8 Å². The number of rotatable bonds is 5. The van der Waals surface area contributed by atoms with Crippen LogP contribution in [0.25, 0.3) is 0 Å². The molecular weight excluding hydrogens is 352 g/mol. The van der Waals surface area contributed by atoms with E-state index < -0.39 is 0 Å². The second kappa shape index (κ2) is 7.99. The molecule has 1 N–H and O–H groups in total. The van der Waals surface area contributed by atoms with Gasteiger partial charge in [-0.2, -0.15) is 0 Å². The van der Waals surface area contributed by atoms with Crippen molar-refractivity contribution in [3.8, 4) is 0 Å². The quantitative estimate of drug-likeness (QED) is 0.467. The minimum Gasteiger partial charge on any atom is -0.393 e. The summed E-state index contributed by atoms with van der Waals surface area (Å²) in [5.74, 6) is 5.10. The Morgan fingerprint density at radius 2 is 1.69 bits per heavy atom. The van der Waals surface area contributed by atoms with Crippen molar-refractivity contribution >= 4 is 0 Å². The SMILES string of the molecule is CC(C)[C@@H](C)CC[C@@H](C)[C@H]1CC[C@H]2C3=C(CC[C@]12C)[C@@]1(C)CCC(O)CC1CC3. The Morgan fingerprint density at radius 3 is 2.41 bits per heavy atom. The van der Waals surface area contributed by atoms with Crippen LogP contribution < -0.4 is 0 Å². The summed E-state index contributed by atoms with van der Waals surface area (Å²) in [5.41, 5.74) is 4.75. The van der Waals surface area contributed by atoms with Crippen LogP contribution in [0.1, 0.15) is 112 Å². The molecule has 4 rings (SSSR count). The Bertz CT molecular complexity index is 632. The Balaban J connectivity index is 1.52. The number of fused-ring (bicyclic) bond motifs is 4. The van der Waals surface area contributed by atoms with Gasteiger partial charge in [0.2, 0.25) is 0 Å². The summed E-state index contributed by atoms with van der Waals surface area (Å²) >= 11 is 0. The summed E-state index contributed by atoms with van der Waals surface area (Å²) in [6.45, 7) is 15.1. The van der Waals surface area contributed by atoms with Crippen LogP contribution in [-0.2, 0) is 0 Å². The highest BCUT2D eigenvalue weighted by Gasteiger charge is 2.55. The third kappa shape index (κ3) is 3.66. The number of hydrogen-bond donors (Lipinski definition) is 1. The number of aliphatic hydroxyl groups excluding tert-OH is 1. The van der Waals surface area contributed by atoms with Crippen molar-refractivity contribution in [2.75, 3.05) is 0 Å². The monoisotopic (exact) mass is 400 g/mol. The lowest BCUT2D eigenvalue weighted by Gasteiger charge is -2.55. The Hall–Kier alpha value is -0.300. The van der Waals surface area contributed by atoms with Gasteiger partial charge in [0.15, 0.2) is 0 Å². The van der Waals surface area contributed by atoms with E-state index in [4.69, 9.17) is 0 Å². The van der Waals surface area contributed by atoms with Crippen molar-refractivity contribution < 1.29 is 5.11 Å². The van der Waals surface area contributed by atoms with Gasteiger partial charge in [-0.05, 0) is 104 Å². The van der Waals surface area contributed by atoms with Crippen molar-refractivity contribution in [1.29, 1.82) is 0 Å². The molecule has 1 heteroatoms. The molecule has 166 valence electrons. The summed E-state index contributed by atoms with van der Waals surface area (Å²) in [6, 6.07) is 0. The van der Waals surface area contributed by atoms with E-state index in [9.17, 15) is 5.11 Å². The van der Waals surface area contributed by atoms with Crippen molar-refractivity contribution in [3.63, 3.8) is 0 Å². The first-order valence-corrected chi connectivity index (χ1v) is 13.1. The highest BCUT2D eigenvalue weighted by atomic mass is 16.3. The highest BCUT2D eigenvalue weighted by molar-refractivity contribution is 5.34. The van der Waals surface area contributed by atoms with Crippen LogP contribution in [0.3, 0.4) is 0 Å². The molecule has 0 bridgehead atoms. The largest absolute Gasteiger partial charge is 0.393 e. The zero-order valence-electron chi connectivity index (χ0n) is 20.3. The highest BCUT2D eigenvalue weighted by Crippen LogP contribution is 2.66. The molecule has 1 nitrogen and oxygen atoms in total. The molecule has 0 amide bonds. The third-order valence-electron chi connectivity index (χ3n) is 10.9. The van der Waals surface area contributed by atoms with Gasteiger partial charge in [0.25, 0.3) is 0 Å². The Kier molecular flexibility index (Phi) is 6.04. The topological polar surface area (TPSA) is 20.2 Å². The first-order valence-electron chi connectivity index (χ1n) is 13.1. The van der Waals surface area contributed by atoms with Crippen LogP contribution in [0, 0.1) is 46.3 Å². The van der Waals surface area contributed by atoms with Gasteiger partial charge < -0.3 is 5.11 Å². The lowest BCUT2D eigenvalue weighted by atomic mass is 9.50. The fraction of sp³-hybridized carbons (Fsp3) is 0.929. The van der Waals surface area contributed by atoms with Crippen LogP contribution in [0.5, 0.6) is 0 Å². The standard InChI is InChI=1S/C28H48O/c1-18(2)19(3)7-8-20(4)24-11-12-25-23-10-9-21-17-22(29)13-15-27(21,5)26(23)14-16-28(24,25)6/h18-22,24-25,29H,7-17H2,1-6H3/t19-,20+,21?,22?,24+,25-,27-,28+/m0/s1. The minimum absolute atomic E-state index is 0.0333. The summed E-state index contributed by atoms with van der Waals surface area (Å²) in [7, 11) is 0. The predicted octanol–water partition coefficient (Wildman–Crippen LogP) is 7.78. The second-order valence-electron chi connectivity index (χ2n) is 12.6. The molecule has 8 atom stereocenters. The lowest BCUT2D eigenvalue weighted by Crippen LogP contribution is -2.45. The molecule has 0 aromatic rings. The van der Waals surface area contributed by atoms with Gasteiger partial charge in [0.1, 0.15) is 0 Å². The Morgan fingerprint density at radius 1 is 0.931 bits per heavy atom. The van der Waals surface area contributed by atoms with Crippen molar-refractivity contribution in [2.24, 2.45) is 46.3 Å². The van der Waals surface area contributed by atoms with E-state index in [1.807, 2.05) is 11.1 Å². The van der Waals surface area contributed by atoms with Gasteiger partial charge in [-0.15, -0.1) is 0 Å². The van der Waals surface area contributed by atoms with Gasteiger partial charge in [-0.25, -0.2) is 0 Å². The molecule has 0 aliphatic heterocycles. The van der Waals surface area contributed by atoms with Gasteiger partial charge in [0, 0.05) is 0 Å². The molecule has 0 aromatic heterocycles. The van der Waals surface area contributed by atoms with Gasteiger partial charge in [-0.3, -0.25) is 0 Å². The van der Waals surface area contributed by atoms with Gasteiger partial charge >= 0.3 is 0 Å². The van der Waals surface area contributed by atoms with Crippen LogP contribution >= 0.6 is 0 Å². The van der Waals surface area contributed by atoms with Crippen LogP contribution in [0.2, 0.25) is 0 Å². The fourth-order valence-corrected chi connectivity index (χ4v) is 8.47. The summed E-state index contributed by atoms with van der Waals surface area (Å²) in [5, 5.41) is 10.3. The van der Waals surface area contributed by atoms with E-state index in [0.29, 0.717) is 10.8 Å². The molecule has 4 aliphatic rings. The van der Waals surface area contributed by atoms with Gasteiger partial charge in [-0.1, -0.05) is 65.5 Å². The number of allylic oxidation sites excluding steroid dienone is 2.